The van der Waals surface area contributed by atoms with Gasteiger partial charge >= 0.3 is 0 Å². The minimum absolute atomic E-state index is 0.645. The van der Waals surface area contributed by atoms with Crippen LogP contribution in [0.15, 0.2) is 42.9 Å². The zero-order valence-corrected chi connectivity index (χ0v) is 12.1. The molecule has 2 aromatic heterocycles. The molecule has 0 aliphatic rings. The Hall–Kier alpha value is -2.47. The van der Waals surface area contributed by atoms with Crippen LogP contribution < -0.4 is 5.32 Å². The second kappa shape index (κ2) is 5.88. The number of nitrogens with zero attached hydrogens (tertiary/aromatic N) is 5. The van der Waals surface area contributed by atoms with E-state index in [0.29, 0.717) is 11.6 Å². The van der Waals surface area contributed by atoms with Crippen molar-refractivity contribution in [2.45, 2.75) is 13.5 Å². The number of aryl methyl sites for hydroxylation is 1. The molecule has 3 aromatic rings. The van der Waals surface area contributed by atoms with Gasteiger partial charge in [-0.25, -0.2) is 4.68 Å². The molecule has 0 spiro atoms. The summed E-state index contributed by atoms with van der Waals surface area (Å²) in [6.07, 6.45) is 3.39. The third-order valence-electron chi connectivity index (χ3n) is 3.02. The number of nitrogens with one attached hydrogen (secondary N) is 1. The van der Waals surface area contributed by atoms with Gasteiger partial charge in [-0.15, -0.1) is 5.10 Å². The number of pyridine rings is 1. The molecule has 1 N–H and O–H groups in total. The molecule has 0 atom stereocenters. The maximum atomic E-state index is 6.21. The molecule has 0 bridgehead atoms. The van der Waals surface area contributed by atoms with Gasteiger partial charge < -0.3 is 5.32 Å². The highest BCUT2D eigenvalue weighted by molar-refractivity contribution is 6.33. The lowest BCUT2D eigenvalue weighted by molar-refractivity contribution is 0.789. The summed E-state index contributed by atoms with van der Waals surface area (Å²) in [7, 11) is 0. The second-order valence-electron chi connectivity index (χ2n) is 4.58. The fourth-order valence-corrected chi connectivity index (χ4v) is 2.06. The first-order valence-corrected chi connectivity index (χ1v) is 6.78. The number of hydrogen-bond donors (Lipinski definition) is 1. The molecule has 3 rings (SSSR count). The molecule has 2 heterocycles. The Bertz CT molecular complexity index is 724. The van der Waals surface area contributed by atoms with Crippen LogP contribution >= 0.6 is 11.6 Å². The molecule has 0 saturated carbocycles. The normalized spacial score (nSPS) is 10.6. The number of aromatic nitrogens is 5. The summed E-state index contributed by atoms with van der Waals surface area (Å²) in [5.74, 6) is 0. The van der Waals surface area contributed by atoms with Crippen molar-refractivity contribution in [3.63, 3.8) is 0 Å². The molecular weight excluding hydrogens is 288 g/mol. The predicted molar refractivity (Wildman–Crippen MR) is 80.5 cm³/mol. The van der Waals surface area contributed by atoms with Gasteiger partial charge in [-0.05, 0) is 47.2 Å². The number of halogens is 1. The smallest absolute Gasteiger partial charge is 0.143 e. The SMILES string of the molecule is Cc1ccc(CNc2cc(-n3cnnn3)ccc2Cl)cn1. The van der Waals surface area contributed by atoms with Crippen LogP contribution in [0.25, 0.3) is 5.69 Å². The number of anilines is 1. The van der Waals surface area contributed by atoms with E-state index < -0.39 is 0 Å². The number of benzene rings is 1. The Kier molecular flexibility index (Phi) is 3.79. The van der Waals surface area contributed by atoms with Crippen molar-refractivity contribution in [3.05, 3.63) is 59.1 Å². The Morgan fingerprint density at radius 1 is 1.24 bits per heavy atom. The van der Waals surface area contributed by atoms with Crippen LogP contribution in [0.4, 0.5) is 5.69 Å². The Balaban J connectivity index is 1.78. The lowest BCUT2D eigenvalue weighted by Gasteiger charge is -2.10. The highest BCUT2D eigenvalue weighted by atomic mass is 35.5. The molecule has 6 nitrogen and oxygen atoms in total. The molecule has 0 unspecified atom stereocenters. The molecule has 0 aliphatic heterocycles. The molecule has 0 saturated heterocycles. The topological polar surface area (TPSA) is 68.5 Å². The van der Waals surface area contributed by atoms with Gasteiger partial charge in [0.2, 0.25) is 0 Å². The van der Waals surface area contributed by atoms with Gasteiger partial charge in [0.25, 0.3) is 0 Å². The Morgan fingerprint density at radius 3 is 2.86 bits per heavy atom. The summed E-state index contributed by atoms with van der Waals surface area (Å²) in [6, 6.07) is 9.59. The molecule has 0 radical (unpaired) electrons. The summed E-state index contributed by atoms with van der Waals surface area (Å²) in [6.45, 7) is 2.61. The average Bonchev–Trinajstić information content (AvgIpc) is 3.02. The fraction of sp³-hybridized carbons (Fsp3) is 0.143. The van der Waals surface area contributed by atoms with Crippen LogP contribution in [0.2, 0.25) is 5.02 Å². The lowest BCUT2D eigenvalue weighted by Crippen LogP contribution is -2.02. The molecule has 0 aliphatic carbocycles. The van der Waals surface area contributed by atoms with E-state index in [1.165, 1.54) is 6.33 Å². The van der Waals surface area contributed by atoms with Gasteiger partial charge in [-0.3, -0.25) is 4.98 Å². The summed E-state index contributed by atoms with van der Waals surface area (Å²) in [5.41, 5.74) is 3.75. The van der Waals surface area contributed by atoms with Gasteiger partial charge in [0.05, 0.1) is 16.4 Å². The van der Waals surface area contributed by atoms with Crippen molar-refractivity contribution < 1.29 is 0 Å². The van der Waals surface area contributed by atoms with E-state index in [4.69, 9.17) is 11.6 Å². The van der Waals surface area contributed by atoms with E-state index in [1.807, 2.05) is 43.5 Å². The highest BCUT2D eigenvalue weighted by Crippen LogP contribution is 2.25. The van der Waals surface area contributed by atoms with Crippen molar-refractivity contribution in [2.24, 2.45) is 0 Å². The molecule has 0 amide bonds. The monoisotopic (exact) mass is 300 g/mol. The minimum Gasteiger partial charge on any atom is -0.380 e. The molecular formula is C14H13ClN6. The lowest BCUT2D eigenvalue weighted by atomic mass is 10.2. The van der Waals surface area contributed by atoms with Crippen LogP contribution in [0.1, 0.15) is 11.3 Å². The first-order chi connectivity index (χ1) is 10.2. The van der Waals surface area contributed by atoms with Crippen LogP contribution in [0, 0.1) is 6.92 Å². The highest BCUT2D eigenvalue weighted by Gasteiger charge is 2.05. The number of hydrogen-bond acceptors (Lipinski definition) is 5. The van der Waals surface area contributed by atoms with Crippen molar-refractivity contribution in [1.29, 1.82) is 0 Å². The van der Waals surface area contributed by atoms with E-state index in [-0.39, 0.29) is 0 Å². The Labute approximate surface area is 126 Å². The molecule has 0 fully saturated rings. The summed E-state index contributed by atoms with van der Waals surface area (Å²) >= 11 is 6.21. The van der Waals surface area contributed by atoms with Crippen molar-refractivity contribution in [3.8, 4) is 5.69 Å². The number of tetrazole rings is 1. The van der Waals surface area contributed by atoms with Crippen LogP contribution in [0.5, 0.6) is 0 Å². The number of rotatable bonds is 4. The Morgan fingerprint density at radius 2 is 2.14 bits per heavy atom. The first kappa shape index (κ1) is 13.5. The van der Waals surface area contributed by atoms with Crippen molar-refractivity contribution in [2.75, 3.05) is 5.32 Å². The maximum absolute atomic E-state index is 6.21. The third kappa shape index (κ3) is 3.17. The minimum atomic E-state index is 0.645. The average molecular weight is 301 g/mol. The zero-order chi connectivity index (χ0) is 14.7. The quantitative estimate of drug-likeness (QED) is 0.802. The van der Waals surface area contributed by atoms with Gasteiger partial charge in [0, 0.05) is 18.4 Å². The van der Waals surface area contributed by atoms with E-state index in [0.717, 1.165) is 22.6 Å². The maximum Gasteiger partial charge on any atom is 0.143 e. The van der Waals surface area contributed by atoms with E-state index >= 15 is 0 Å². The summed E-state index contributed by atoms with van der Waals surface area (Å²) in [5, 5.41) is 15.0. The largest absolute Gasteiger partial charge is 0.380 e. The van der Waals surface area contributed by atoms with Crippen LogP contribution in [-0.4, -0.2) is 25.2 Å². The van der Waals surface area contributed by atoms with Gasteiger partial charge in [0.1, 0.15) is 6.33 Å². The first-order valence-electron chi connectivity index (χ1n) is 6.41. The van der Waals surface area contributed by atoms with Crippen LogP contribution in [0.3, 0.4) is 0 Å². The summed E-state index contributed by atoms with van der Waals surface area (Å²) in [4.78, 5) is 4.27. The molecule has 106 valence electrons. The van der Waals surface area contributed by atoms with E-state index in [1.54, 1.807) is 4.68 Å². The molecule has 7 heteroatoms. The van der Waals surface area contributed by atoms with Gasteiger partial charge in [-0.1, -0.05) is 17.7 Å². The fourth-order valence-electron chi connectivity index (χ4n) is 1.87. The molecule has 21 heavy (non-hydrogen) atoms. The van der Waals surface area contributed by atoms with E-state index in [2.05, 4.69) is 25.8 Å². The third-order valence-corrected chi connectivity index (χ3v) is 3.35. The van der Waals surface area contributed by atoms with Crippen molar-refractivity contribution >= 4 is 17.3 Å². The summed E-state index contributed by atoms with van der Waals surface area (Å²) < 4.78 is 1.58. The van der Waals surface area contributed by atoms with Gasteiger partial charge in [0.15, 0.2) is 0 Å². The van der Waals surface area contributed by atoms with Gasteiger partial charge in [-0.2, -0.15) is 0 Å². The van der Waals surface area contributed by atoms with E-state index in [9.17, 15) is 0 Å². The zero-order valence-electron chi connectivity index (χ0n) is 11.4. The predicted octanol–water partition coefficient (Wildman–Crippen LogP) is 2.63. The van der Waals surface area contributed by atoms with Crippen molar-refractivity contribution in [1.82, 2.24) is 25.2 Å². The molecule has 1 aromatic carbocycles. The second-order valence-corrected chi connectivity index (χ2v) is 4.99. The standard InChI is InChI=1S/C14H13ClN6/c1-10-2-3-11(7-16-10)8-17-14-6-12(4-5-13(14)15)21-9-18-19-20-21/h2-7,9,17H,8H2,1H3. The van der Waals surface area contributed by atoms with Crippen LogP contribution in [-0.2, 0) is 6.54 Å².